The Morgan fingerprint density at radius 1 is 1.20 bits per heavy atom. The SMILES string of the molecule is COC(=O)Nc1ccc(S(=O)(=O)N2CCc3nc4ccc(Cl)cn4c(=O)c3C2)cc1. The zero-order valence-corrected chi connectivity index (χ0v) is 17.4. The molecular formula is C19H17ClN4O5S. The molecule has 0 unspecified atom stereocenters. The van der Waals surface area contributed by atoms with Crippen molar-refractivity contribution in [1.29, 1.82) is 0 Å². The number of benzene rings is 1. The number of hydrogen-bond donors (Lipinski definition) is 1. The lowest BCUT2D eigenvalue weighted by atomic mass is 10.1. The van der Waals surface area contributed by atoms with Gasteiger partial charge in [-0.1, -0.05) is 11.6 Å². The summed E-state index contributed by atoms with van der Waals surface area (Å²) in [4.78, 5) is 28.7. The quantitative estimate of drug-likeness (QED) is 0.658. The lowest BCUT2D eigenvalue weighted by Gasteiger charge is -2.27. The van der Waals surface area contributed by atoms with E-state index in [4.69, 9.17) is 11.6 Å². The number of pyridine rings is 1. The maximum atomic E-state index is 13.1. The first-order valence-electron chi connectivity index (χ1n) is 8.94. The number of halogens is 1. The van der Waals surface area contributed by atoms with Gasteiger partial charge in [0.05, 0.1) is 28.3 Å². The minimum Gasteiger partial charge on any atom is -0.453 e. The first-order valence-corrected chi connectivity index (χ1v) is 10.8. The highest BCUT2D eigenvalue weighted by Gasteiger charge is 2.31. The van der Waals surface area contributed by atoms with E-state index < -0.39 is 16.1 Å². The maximum Gasteiger partial charge on any atom is 0.411 e. The zero-order valence-electron chi connectivity index (χ0n) is 15.8. The van der Waals surface area contributed by atoms with Crippen LogP contribution in [0.1, 0.15) is 11.3 Å². The molecule has 3 aromatic rings. The number of nitrogens with one attached hydrogen (secondary N) is 1. The lowest BCUT2D eigenvalue weighted by molar-refractivity contribution is 0.187. The van der Waals surface area contributed by atoms with Crippen LogP contribution in [0.15, 0.2) is 52.3 Å². The van der Waals surface area contributed by atoms with E-state index in [1.807, 2.05) is 0 Å². The van der Waals surface area contributed by atoms with Crippen LogP contribution in [-0.4, -0.2) is 41.9 Å². The number of methoxy groups -OCH3 is 1. The molecule has 2 aromatic heterocycles. The fourth-order valence-electron chi connectivity index (χ4n) is 3.28. The molecule has 0 spiro atoms. The summed E-state index contributed by atoms with van der Waals surface area (Å²) in [6, 6.07) is 9.01. The van der Waals surface area contributed by atoms with Crippen molar-refractivity contribution >= 4 is 39.1 Å². The molecule has 0 saturated heterocycles. The van der Waals surface area contributed by atoms with Gasteiger partial charge in [0.2, 0.25) is 10.0 Å². The Bertz CT molecular complexity index is 1300. The molecule has 9 nitrogen and oxygen atoms in total. The summed E-state index contributed by atoms with van der Waals surface area (Å²) >= 11 is 5.98. The molecule has 0 saturated carbocycles. The van der Waals surface area contributed by atoms with Crippen LogP contribution in [0.5, 0.6) is 0 Å². The highest BCUT2D eigenvalue weighted by Crippen LogP contribution is 2.24. The smallest absolute Gasteiger partial charge is 0.411 e. The number of nitrogens with zero attached hydrogens (tertiary/aromatic N) is 3. The van der Waals surface area contributed by atoms with Gasteiger partial charge in [0, 0.05) is 31.4 Å². The van der Waals surface area contributed by atoms with Gasteiger partial charge >= 0.3 is 6.09 Å². The van der Waals surface area contributed by atoms with Crippen LogP contribution in [-0.2, 0) is 27.7 Å². The average Bonchev–Trinajstić information content (AvgIpc) is 2.74. The van der Waals surface area contributed by atoms with Gasteiger partial charge in [0.15, 0.2) is 0 Å². The molecule has 4 rings (SSSR count). The number of carbonyl (C=O) groups is 1. The van der Waals surface area contributed by atoms with Crippen LogP contribution in [0, 0.1) is 0 Å². The van der Waals surface area contributed by atoms with Gasteiger partial charge in [-0.15, -0.1) is 0 Å². The van der Waals surface area contributed by atoms with Crippen LogP contribution in [0.3, 0.4) is 0 Å². The molecule has 3 heterocycles. The van der Waals surface area contributed by atoms with Crippen molar-refractivity contribution < 1.29 is 17.9 Å². The molecule has 1 aliphatic rings. The van der Waals surface area contributed by atoms with Crippen molar-refractivity contribution in [3.05, 3.63) is 69.2 Å². The number of carbonyl (C=O) groups excluding carboxylic acids is 1. The molecule has 0 bridgehead atoms. The maximum absolute atomic E-state index is 13.1. The van der Waals surface area contributed by atoms with Gasteiger partial charge in [-0.3, -0.25) is 14.5 Å². The second kappa shape index (κ2) is 7.71. The highest BCUT2D eigenvalue weighted by molar-refractivity contribution is 7.89. The Morgan fingerprint density at radius 3 is 2.63 bits per heavy atom. The second-order valence-corrected chi connectivity index (χ2v) is 9.02. The minimum absolute atomic E-state index is 0.0539. The molecule has 0 aliphatic carbocycles. The first-order chi connectivity index (χ1) is 14.3. The average molecular weight is 449 g/mol. The third-order valence-electron chi connectivity index (χ3n) is 4.82. The number of fused-ring (bicyclic) bond motifs is 2. The number of rotatable bonds is 3. The summed E-state index contributed by atoms with van der Waals surface area (Å²) in [5.41, 5.74) is 1.44. The van der Waals surface area contributed by atoms with Crippen LogP contribution in [0.2, 0.25) is 5.02 Å². The summed E-state index contributed by atoms with van der Waals surface area (Å²) in [6.07, 6.45) is 1.14. The van der Waals surface area contributed by atoms with Gasteiger partial charge in [-0.05, 0) is 36.4 Å². The van der Waals surface area contributed by atoms with Gasteiger partial charge in [-0.25, -0.2) is 18.2 Å². The van der Waals surface area contributed by atoms with E-state index in [0.717, 1.165) is 0 Å². The second-order valence-electron chi connectivity index (χ2n) is 6.65. The standard InChI is InChI=1S/C19H17ClN4O5S/c1-29-19(26)21-13-3-5-14(6-4-13)30(27,28)23-9-8-16-15(11-23)18(25)24-10-12(20)2-7-17(24)22-16/h2-7,10H,8-9,11H2,1H3,(H,21,26). The van der Waals surface area contributed by atoms with Crippen molar-refractivity contribution in [3.8, 4) is 0 Å². The van der Waals surface area contributed by atoms with Crippen LogP contribution in [0.4, 0.5) is 10.5 Å². The van der Waals surface area contributed by atoms with Crippen LogP contribution >= 0.6 is 11.6 Å². The van der Waals surface area contributed by atoms with E-state index in [0.29, 0.717) is 34.0 Å². The zero-order chi connectivity index (χ0) is 21.5. The molecule has 156 valence electrons. The Hall–Kier alpha value is -2.95. The fourth-order valence-corrected chi connectivity index (χ4v) is 4.85. The fraction of sp³-hybridized carbons (Fsp3) is 0.211. The molecule has 30 heavy (non-hydrogen) atoms. The van der Waals surface area contributed by atoms with Crippen molar-refractivity contribution in [1.82, 2.24) is 13.7 Å². The molecule has 0 atom stereocenters. The Kier molecular flexibility index (Phi) is 5.22. The molecule has 0 radical (unpaired) electrons. The van der Waals surface area contributed by atoms with Crippen LogP contribution < -0.4 is 10.9 Å². The van der Waals surface area contributed by atoms with E-state index in [-0.39, 0.29) is 23.5 Å². The van der Waals surface area contributed by atoms with Gasteiger partial charge < -0.3 is 4.74 Å². The van der Waals surface area contributed by atoms with Crippen LogP contribution in [0.25, 0.3) is 5.65 Å². The third-order valence-corrected chi connectivity index (χ3v) is 6.91. The first kappa shape index (κ1) is 20.3. The summed E-state index contributed by atoms with van der Waals surface area (Å²) in [7, 11) is -2.61. The van der Waals surface area contributed by atoms with E-state index in [2.05, 4.69) is 15.0 Å². The lowest BCUT2D eigenvalue weighted by Crippen LogP contribution is -2.40. The van der Waals surface area contributed by atoms with Crippen molar-refractivity contribution in [2.75, 3.05) is 19.0 Å². The van der Waals surface area contributed by atoms with Crippen molar-refractivity contribution in [2.45, 2.75) is 17.9 Å². The van der Waals surface area contributed by atoms with E-state index in [1.54, 1.807) is 12.1 Å². The predicted molar refractivity (Wildman–Crippen MR) is 110 cm³/mol. The molecule has 1 amide bonds. The van der Waals surface area contributed by atoms with Crippen molar-refractivity contribution in [3.63, 3.8) is 0 Å². The highest BCUT2D eigenvalue weighted by atomic mass is 35.5. The normalized spacial score (nSPS) is 14.3. The number of ether oxygens (including phenoxy) is 1. The summed E-state index contributed by atoms with van der Waals surface area (Å²) in [5, 5.41) is 2.84. The number of aromatic nitrogens is 2. The summed E-state index contributed by atoms with van der Waals surface area (Å²) in [5.74, 6) is 0. The predicted octanol–water partition coefficient (Wildman–Crippen LogP) is 2.27. The molecule has 1 N–H and O–H groups in total. The molecule has 1 aromatic carbocycles. The summed E-state index contributed by atoms with van der Waals surface area (Å²) < 4.78 is 33.2. The van der Waals surface area contributed by atoms with E-state index in [9.17, 15) is 18.0 Å². The number of amides is 1. The van der Waals surface area contributed by atoms with E-state index in [1.165, 1.54) is 46.3 Å². The Morgan fingerprint density at radius 2 is 1.93 bits per heavy atom. The number of sulfonamides is 1. The molecular weight excluding hydrogens is 432 g/mol. The number of hydrogen-bond acceptors (Lipinski definition) is 6. The molecule has 1 aliphatic heterocycles. The third kappa shape index (κ3) is 3.64. The molecule has 11 heteroatoms. The van der Waals surface area contributed by atoms with Crippen molar-refractivity contribution in [2.24, 2.45) is 0 Å². The van der Waals surface area contributed by atoms with E-state index >= 15 is 0 Å². The number of anilines is 1. The monoisotopic (exact) mass is 448 g/mol. The Balaban J connectivity index is 1.65. The van der Waals surface area contributed by atoms with Gasteiger partial charge in [0.25, 0.3) is 5.56 Å². The van der Waals surface area contributed by atoms with Gasteiger partial charge in [-0.2, -0.15) is 4.31 Å². The summed E-state index contributed by atoms with van der Waals surface area (Å²) in [6.45, 7) is 0.120. The topological polar surface area (TPSA) is 110 Å². The largest absolute Gasteiger partial charge is 0.453 e. The minimum atomic E-state index is -3.85. The molecule has 0 fully saturated rings. The Labute approximate surface area is 176 Å². The van der Waals surface area contributed by atoms with Gasteiger partial charge in [0.1, 0.15) is 5.65 Å².